The number of carbonyl (C=O) groups is 1. The highest BCUT2D eigenvalue weighted by molar-refractivity contribution is 5.74. The van der Waals surface area contributed by atoms with Crippen LogP contribution in [-0.4, -0.2) is 42.3 Å². The quantitative estimate of drug-likeness (QED) is 0.733. The summed E-state index contributed by atoms with van der Waals surface area (Å²) < 4.78 is 5.73. The Balaban J connectivity index is 1.54. The molecule has 0 aromatic heterocycles. The van der Waals surface area contributed by atoms with Crippen molar-refractivity contribution in [1.82, 2.24) is 10.2 Å². The van der Waals surface area contributed by atoms with E-state index in [0.29, 0.717) is 18.2 Å². The molecule has 4 heteroatoms. The van der Waals surface area contributed by atoms with Crippen molar-refractivity contribution in [1.29, 1.82) is 0 Å². The van der Waals surface area contributed by atoms with Crippen LogP contribution in [0.25, 0.3) is 0 Å². The molecule has 2 unspecified atom stereocenters. The van der Waals surface area contributed by atoms with Gasteiger partial charge in [-0.2, -0.15) is 0 Å². The lowest BCUT2D eigenvalue weighted by atomic mass is 10.2. The first-order valence-electron chi connectivity index (χ1n) is 6.52. The van der Waals surface area contributed by atoms with E-state index in [9.17, 15) is 4.79 Å². The van der Waals surface area contributed by atoms with Gasteiger partial charge in [-0.15, -0.1) is 0 Å². The number of nitrogens with one attached hydrogen (secondary N) is 1. The van der Waals surface area contributed by atoms with E-state index in [-0.39, 0.29) is 6.03 Å². The molecule has 0 radical (unpaired) electrons. The fraction of sp³-hybridized carbons (Fsp3) is 0.917. The molecular weight excluding hydrogens is 204 g/mol. The Morgan fingerprint density at radius 2 is 1.69 bits per heavy atom. The Morgan fingerprint density at radius 3 is 2.31 bits per heavy atom. The van der Waals surface area contributed by atoms with Crippen molar-refractivity contribution in [2.75, 3.05) is 13.1 Å². The minimum Gasteiger partial charge on any atom is -0.371 e. The second-order valence-corrected chi connectivity index (χ2v) is 5.29. The van der Waals surface area contributed by atoms with Crippen LogP contribution in [0.5, 0.6) is 0 Å². The number of hydrogen-bond donors (Lipinski definition) is 1. The van der Waals surface area contributed by atoms with Gasteiger partial charge in [-0.05, 0) is 25.7 Å². The van der Waals surface area contributed by atoms with Crippen LogP contribution in [0, 0.1) is 0 Å². The van der Waals surface area contributed by atoms with Gasteiger partial charge in [0.15, 0.2) is 0 Å². The normalized spacial score (nSPS) is 34.4. The van der Waals surface area contributed by atoms with Gasteiger partial charge in [-0.25, -0.2) is 4.79 Å². The third kappa shape index (κ3) is 2.03. The first kappa shape index (κ1) is 10.4. The third-order valence-corrected chi connectivity index (χ3v) is 4.01. The molecule has 4 nitrogen and oxygen atoms in total. The number of likely N-dealkylation sites (tertiary alicyclic amines) is 1. The van der Waals surface area contributed by atoms with Gasteiger partial charge in [0.1, 0.15) is 0 Å². The second-order valence-electron chi connectivity index (χ2n) is 5.29. The molecule has 1 aliphatic carbocycles. The highest BCUT2D eigenvalue weighted by Crippen LogP contribution is 2.26. The van der Waals surface area contributed by atoms with Gasteiger partial charge in [-0.1, -0.05) is 12.8 Å². The van der Waals surface area contributed by atoms with Crippen molar-refractivity contribution >= 4 is 6.03 Å². The maximum atomic E-state index is 12.0. The van der Waals surface area contributed by atoms with Crippen LogP contribution in [0.15, 0.2) is 0 Å². The summed E-state index contributed by atoms with van der Waals surface area (Å²) in [4.78, 5) is 14.0. The summed E-state index contributed by atoms with van der Waals surface area (Å²) in [7, 11) is 0. The molecule has 0 aromatic rings. The number of urea groups is 1. The van der Waals surface area contributed by atoms with Gasteiger partial charge >= 0.3 is 6.03 Å². The topological polar surface area (TPSA) is 41.6 Å². The summed E-state index contributed by atoms with van der Waals surface area (Å²) in [5.74, 6) is 0. The average Bonchev–Trinajstić information content (AvgIpc) is 2.89. The summed E-state index contributed by atoms with van der Waals surface area (Å²) in [6, 6.07) is 0.556. The summed E-state index contributed by atoms with van der Waals surface area (Å²) >= 11 is 0. The minimum absolute atomic E-state index is 0.132. The van der Waals surface area contributed by atoms with Gasteiger partial charge in [-0.3, -0.25) is 0 Å². The molecular formula is C12H20N2O2. The number of morpholine rings is 1. The number of nitrogens with zero attached hydrogens (tertiary/aromatic N) is 1. The predicted octanol–water partition coefficient (Wildman–Crippen LogP) is 1.50. The van der Waals surface area contributed by atoms with Crippen molar-refractivity contribution in [2.24, 2.45) is 0 Å². The molecule has 1 saturated carbocycles. The van der Waals surface area contributed by atoms with E-state index in [0.717, 1.165) is 38.8 Å². The van der Waals surface area contributed by atoms with Crippen molar-refractivity contribution < 1.29 is 9.53 Å². The molecule has 2 amide bonds. The molecule has 3 aliphatic rings. The van der Waals surface area contributed by atoms with Crippen molar-refractivity contribution in [3.05, 3.63) is 0 Å². The molecule has 16 heavy (non-hydrogen) atoms. The van der Waals surface area contributed by atoms with E-state index in [4.69, 9.17) is 4.74 Å². The number of carbonyl (C=O) groups excluding carboxylic acids is 1. The third-order valence-electron chi connectivity index (χ3n) is 4.01. The Kier molecular flexibility index (Phi) is 2.75. The van der Waals surface area contributed by atoms with Crippen LogP contribution in [0.3, 0.4) is 0 Å². The molecule has 0 spiro atoms. The average molecular weight is 224 g/mol. The molecule has 90 valence electrons. The van der Waals surface area contributed by atoms with E-state index in [1.807, 2.05) is 4.90 Å². The predicted molar refractivity (Wildman–Crippen MR) is 60.3 cm³/mol. The summed E-state index contributed by atoms with van der Waals surface area (Å²) in [6.07, 6.45) is 7.68. The first-order chi connectivity index (χ1) is 7.81. The summed E-state index contributed by atoms with van der Waals surface area (Å²) in [6.45, 7) is 1.57. The molecule has 2 bridgehead atoms. The summed E-state index contributed by atoms with van der Waals surface area (Å²) in [5.41, 5.74) is 0. The molecule has 3 rings (SSSR count). The minimum atomic E-state index is 0.132. The van der Waals surface area contributed by atoms with E-state index in [2.05, 4.69) is 5.32 Å². The fourth-order valence-corrected chi connectivity index (χ4v) is 3.12. The van der Waals surface area contributed by atoms with Crippen LogP contribution in [0.1, 0.15) is 38.5 Å². The van der Waals surface area contributed by atoms with Crippen molar-refractivity contribution in [3.63, 3.8) is 0 Å². The Morgan fingerprint density at radius 1 is 1.06 bits per heavy atom. The Bertz CT molecular complexity index is 264. The van der Waals surface area contributed by atoms with Gasteiger partial charge in [0.25, 0.3) is 0 Å². The van der Waals surface area contributed by atoms with Crippen LogP contribution < -0.4 is 5.32 Å². The Labute approximate surface area is 96.3 Å². The number of rotatable bonds is 1. The largest absolute Gasteiger partial charge is 0.371 e. The van der Waals surface area contributed by atoms with Crippen LogP contribution in [-0.2, 0) is 4.74 Å². The zero-order chi connectivity index (χ0) is 11.0. The summed E-state index contributed by atoms with van der Waals surface area (Å²) in [5, 5.41) is 3.15. The number of hydrogen-bond acceptors (Lipinski definition) is 2. The van der Waals surface area contributed by atoms with Crippen molar-refractivity contribution in [2.45, 2.75) is 56.8 Å². The standard InChI is InChI=1S/C12H20N2O2/c15-12(13-9-3-1-2-4-9)14-7-10-5-6-11(8-14)16-10/h9-11H,1-8H2,(H,13,15). The highest BCUT2D eigenvalue weighted by Gasteiger charge is 2.36. The highest BCUT2D eigenvalue weighted by atomic mass is 16.5. The van der Waals surface area contributed by atoms with E-state index >= 15 is 0 Å². The number of amides is 2. The molecule has 1 N–H and O–H groups in total. The van der Waals surface area contributed by atoms with Crippen LogP contribution in [0.4, 0.5) is 4.79 Å². The second kappa shape index (κ2) is 4.24. The zero-order valence-electron chi connectivity index (χ0n) is 9.65. The van der Waals surface area contributed by atoms with Gasteiger partial charge in [0, 0.05) is 19.1 Å². The monoisotopic (exact) mass is 224 g/mol. The lowest BCUT2D eigenvalue weighted by molar-refractivity contribution is -0.0241. The van der Waals surface area contributed by atoms with E-state index in [1.165, 1.54) is 12.8 Å². The fourth-order valence-electron chi connectivity index (χ4n) is 3.12. The van der Waals surface area contributed by atoms with Gasteiger partial charge in [0.05, 0.1) is 12.2 Å². The smallest absolute Gasteiger partial charge is 0.317 e. The lowest BCUT2D eigenvalue weighted by Crippen LogP contribution is -2.51. The maximum Gasteiger partial charge on any atom is 0.317 e. The van der Waals surface area contributed by atoms with Crippen LogP contribution >= 0.6 is 0 Å². The zero-order valence-corrected chi connectivity index (χ0v) is 9.65. The Hall–Kier alpha value is -0.770. The van der Waals surface area contributed by atoms with Gasteiger partial charge in [0.2, 0.25) is 0 Å². The SMILES string of the molecule is O=C(NC1CCCC1)N1CC2CCC(C1)O2. The first-order valence-corrected chi connectivity index (χ1v) is 6.52. The van der Waals surface area contributed by atoms with E-state index in [1.54, 1.807) is 0 Å². The molecule has 2 saturated heterocycles. The van der Waals surface area contributed by atoms with Crippen molar-refractivity contribution in [3.8, 4) is 0 Å². The van der Waals surface area contributed by atoms with E-state index < -0.39 is 0 Å². The van der Waals surface area contributed by atoms with Crippen LogP contribution in [0.2, 0.25) is 0 Å². The lowest BCUT2D eigenvalue weighted by Gasteiger charge is -2.33. The molecule has 2 atom stereocenters. The molecule has 3 fully saturated rings. The number of ether oxygens (including phenoxy) is 1. The molecule has 2 heterocycles. The molecule has 2 aliphatic heterocycles. The maximum absolute atomic E-state index is 12.0. The molecule has 0 aromatic carbocycles. The van der Waals surface area contributed by atoms with Gasteiger partial charge < -0.3 is 15.0 Å². The number of fused-ring (bicyclic) bond motifs is 2.